The molecule has 0 spiro atoms. The second-order valence-corrected chi connectivity index (χ2v) is 5.76. The number of imidazole rings is 1. The summed E-state index contributed by atoms with van der Waals surface area (Å²) in [4.78, 5) is 38.4. The molecular weight excluding hydrogens is 294 g/mol. The van der Waals surface area contributed by atoms with Gasteiger partial charge in [-0.05, 0) is 19.0 Å². The average Bonchev–Trinajstić information content (AvgIpc) is 3.08. The SMILES string of the molecule is CCN1CCN(C(=O)c2c[nH]c(=O)cc2C)CC1c1ncc[nH]1. The minimum atomic E-state index is -0.191. The van der Waals surface area contributed by atoms with E-state index in [1.165, 1.54) is 12.3 Å². The summed E-state index contributed by atoms with van der Waals surface area (Å²) in [5, 5.41) is 0. The Labute approximate surface area is 134 Å². The smallest absolute Gasteiger partial charge is 0.255 e. The van der Waals surface area contributed by atoms with Crippen LogP contribution in [-0.4, -0.2) is 56.8 Å². The topological polar surface area (TPSA) is 85.1 Å². The predicted octanol–water partition coefficient (Wildman–Crippen LogP) is 0.925. The zero-order valence-electron chi connectivity index (χ0n) is 13.4. The Kier molecular flexibility index (Phi) is 4.29. The van der Waals surface area contributed by atoms with Crippen molar-refractivity contribution in [2.75, 3.05) is 26.2 Å². The fourth-order valence-electron chi connectivity index (χ4n) is 3.08. The number of H-pyrrole nitrogens is 2. The molecule has 0 saturated carbocycles. The fourth-order valence-corrected chi connectivity index (χ4v) is 3.08. The molecule has 2 aromatic heterocycles. The van der Waals surface area contributed by atoms with Gasteiger partial charge in [-0.1, -0.05) is 6.92 Å². The first-order valence-corrected chi connectivity index (χ1v) is 7.82. The van der Waals surface area contributed by atoms with Gasteiger partial charge in [0.2, 0.25) is 5.56 Å². The van der Waals surface area contributed by atoms with Gasteiger partial charge in [0.15, 0.2) is 0 Å². The van der Waals surface area contributed by atoms with Gasteiger partial charge >= 0.3 is 0 Å². The minimum absolute atomic E-state index is 0.0499. The van der Waals surface area contributed by atoms with E-state index in [9.17, 15) is 9.59 Å². The van der Waals surface area contributed by atoms with E-state index in [0.717, 1.165) is 18.9 Å². The normalized spacial score (nSPS) is 19.0. The summed E-state index contributed by atoms with van der Waals surface area (Å²) in [6.45, 7) is 6.86. The number of pyridine rings is 1. The van der Waals surface area contributed by atoms with Crippen LogP contribution in [0.2, 0.25) is 0 Å². The number of aryl methyl sites for hydroxylation is 1. The highest BCUT2D eigenvalue weighted by molar-refractivity contribution is 5.95. The summed E-state index contributed by atoms with van der Waals surface area (Å²) in [5.74, 6) is 0.827. The number of amides is 1. The lowest BCUT2D eigenvalue weighted by Gasteiger charge is -2.40. The van der Waals surface area contributed by atoms with Gasteiger partial charge in [0, 0.05) is 44.3 Å². The van der Waals surface area contributed by atoms with Crippen molar-refractivity contribution >= 4 is 5.91 Å². The molecule has 7 heteroatoms. The van der Waals surface area contributed by atoms with E-state index in [0.29, 0.717) is 24.2 Å². The molecule has 7 nitrogen and oxygen atoms in total. The number of piperazine rings is 1. The molecule has 1 atom stereocenters. The number of carbonyl (C=O) groups excluding carboxylic acids is 1. The third kappa shape index (κ3) is 3.05. The number of likely N-dealkylation sites (N-methyl/N-ethyl adjacent to an activating group) is 1. The second kappa shape index (κ2) is 6.37. The Hall–Kier alpha value is -2.41. The molecule has 1 fully saturated rings. The number of nitrogens with one attached hydrogen (secondary N) is 2. The van der Waals surface area contributed by atoms with Crippen LogP contribution in [0.25, 0.3) is 0 Å². The summed E-state index contributed by atoms with van der Waals surface area (Å²) in [6.07, 6.45) is 5.04. The van der Waals surface area contributed by atoms with Crippen molar-refractivity contribution < 1.29 is 4.79 Å². The molecule has 1 saturated heterocycles. The van der Waals surface area contributed by atoms with Gasteiger partial charge in [-0.25, -0.2) is 4.98 Å². The molecule has 23 heavy (non-hydrogen) atoms. The van der Waals surface area contributed by atoms with Gasteiger partial charge in [-0.15, -0.1) is 0 Å². The fraction of sp³-hybridized carbons (Fsp3) is 0.438. The standard InChI is InChI=1S/C16H21N5O2/c1-3-20-6-7-21(10-13(20)15-17-4-5-18-15)16(23)12-9-19-14(22)8-11(12)2/h4-5,8-9,13H,3,6-7,10H2,1-2H3,(H,17,18)(H,19,22). The van der Waals surface area contributed by atoms with Crippen molar-refractivity contribution in [2.24, 2.45) is 0 Å². The Morgan fingerprint density at radius 3 is 2.87 bits per heavy atom. The molecule has 2 aromatic rings. The van der Waals surface area contributed by atoms with Gasteiger partial charge in [0.05, 0.1) is 11.6 Å². The monoisotopic (exact) mass is 315 g/mol. The summed E-state index contributed by atoms with van der Waals surface area (Å²) in [5.41, 5.74) is 1.06. The molecule has 0 aliphatic carbocycles. The number of hydrogen-bond donors (Lipinski definition) is 2. The first-order chi connectivity index (χ1) is 11.1. The van der Waals surface area contributed by atoms with Crippen LogP contribution >= 0.6 is 0 Å². The van der Waals surface area contributed by atoms with Crippen molar-refractivity contribution in [3.8, 4) is 0 Å². The highest BCUT2D eigenvalue weighted by Gasteiger charge is 2.32. The molecular formula is C16H21N5O2. The number of hydrogen-bond acceptors (Lipinski definition) is 4. The van der Waals surface area contributed by atoms with Crippen molar-refractivity contribution in [2.45, 2.75) is 19.9 Å². The zero-order valence-corrected chi connectivity index (χ0v) is 13.4. The van der Waals surface area contributed by atoms with E-state index in [2.05, 4.69) is 26.8 Å². The van der Waals surface area contributed by atoms with E-state index >= 15 is 0 Å². The third-order valence-corrected chi connectivity index (χ3v) is 4.38. The predicted molar refractivity (Wildman–Crippen MR) is 86.3 cm³/mol. The van der Waals surface area contributed by atoms with Crippen LogP contribution < -0.4 is 5.56 Å². The van der Waals surface area contributed by atoms with Gasteiger partial charge in [-0.2, -0.15) is 0 Å². The van der Waals surface area contributed by atoms with Gasteiger partial charge in [-0.3, -0.25) is 14.5 Å². The number of aromatic amines is 2. The average molecular weight is 315 g/mol. The Balaban J connectivity index is 1.83. The lowest BCUT2D eigenvalue weighted by molar-refractivity contribution is 0.0479. The molecule has 1 amide bonds. The van der Waals surface area contributed by atoms with Crippen LogP contribution in [-0.2, 0) is 0 Å². The molecule has 0 radical (unpaired) electrons. The number of aromatic nitrogens is 3. The Bertz CT molecular complexity index is 737. The summed E-state index contributed by atoms with van der Waals surface area (Å²) in [7, 11) is 0. The van der Waals surface area contributed by atoms with Crippen molar-refractivity contribution in [1.29, 1.82) is 0 Å². The van der Waals surface area contributed by atoms with E-state index in [-0.39, 0.29) is 17.5 Å². The quantitative estimate of drug-likeness (QED) is 0.882. The maximum atomic E-state index is 12.8. The first kappa shape index (κ1) is 15.5. The van der Waals surface area contributed by atoms with Gasteiger partial charge < -0.3 is 14.9 Å². The summed E-state index contributed by atoms with van der Waals surface area (Å²) in [6, 6.07) is 1.52. The minimum Gasteiger partial charge on any atom is -0.347 e. The van der Waals surface area contributed by atoms with Gasteiger partial charge in [0.1, 0.15) is 5.82 Å². The third-order valence-electron chi connectivity index (χ3n) is 4.38. The Morgan fingerprint density at radius 2 is 2.22 bits per heavy atom. The molecule has 3 rings (SSSR count). The van der Waals surface area contributed by atoms with E-state index in [1.807, 2.05) is 4.90 Å². The van der Waals surface area contributed by atoms with Crippen LogP contribution in [0.3, 0.4) is 0 Å². The molecule has 3 heterocycles. The molecule has 1 unspecified atom stereocenters. The van der Waals surface area contributed by atoms with Crippen LogP contribution in [0.5, 0.6) is 0 Å². The highest BCUT2D eigenvalue weighted by Crippen LogP contribution is 2.23. The molecule has 2 N–H and O–H groups in total. The lowest BCUT2D eigenvalue weighted by Crippen LogP contribution is -2.50. The van der Waals surface area contributed by atoms with Crippen LogP contribution in [0.15, 0.2) is 29.5 Å². The van der Waals surface area contributed by atoms with E-state index < -0.39 is 0 Å². The van der Waals surface area contributed by atoms with Crippen molar-refractivity contribution in [3.05, 3.63) is 52.0 Å². The van der Waals surface area contributed by atoms with Crippen LogP contribution in [0, 0.1) is 6.92 Å². The lowest BCUT2D eigenvalue weighted by atomic mass is 10.1. The summed E-state index contributed by atoms with van der Waals surface area (Å²) < 4.78 is 0. The van der Waals surface area contributed by atoms with Gasteiger partial charge in [0.25, 0.3) is 5.91 Å². The molecule has 122 valence electrons. The largest absolute Gasteiger partial charge is 0.347 e. The maximum absolute atomic E-state index is 12.8. The van der Waals surface area contributed by atoms with Crippen molar-refractivity contribution in [3.63, 3.8) is 0 Å². The molecule has 0 bridgehead atoms. The van der Waals surface area contributed by atoms with E-state index in [4.69, 9.17) is 0 Å². The first-order valence-electron chi connectivity index (χ1n) is 7.82. The maximum Gasteiger partial charge on any atom is 0.255 e. The Morgan fingerprint density at radius 1 is 1.39 bits per heavy atom. The number of nitrogens with zero attached hydrogens (tertiary/aromatic N) is 3. The molecule has 1 aliphatic heterocycles. The molecule has 1 aliphatic rings. The van der Waals surface area contributed by atoms with Crippen molar-refractivity contribution in [1.82, 2.24) is 24.8 Å². The second-order valence-electron chi connectivity index (χ2n) is 5.76. The zero-order chi connectivity index (χ0) is 16.4. The van der Waals surface area contributed by atoms with Crippen LogP contribution in [0.1, 0.15) is 34.7 Å². The van der Waals surface area contributed by atoms with E-state index in [1.54, 1.807) is 19.3 Å². The molecule has 0 aromatic carbocycles. The number of rotatable bonds is 3. The van der Waals surface area contributed by atoms with Crippen LogP contribution in [0.4, 0.5) is 0 Å². The summed E-state index contributed by atoms with van der Waals surface area (Å²) >= 11 is 0. The highest BCUT2D eigenvalue weighted by atomic mass is 16.2. The number of carbonyl (C=O) groups is 1.